The number of rotatable bonds is 5. The van der Waals surface area contributed by atoms with E-state index in [2.05, 4.69) is 0 Å². The molecular formula is C22H36FNO7Si2. The predicted octanol–water partition coefficient (Wildman–Crippen LogP) is 3.85. The SMILES string of the molecule is CC(C)[Si]1(C(C)C)OC[C@@]2(F)O[C@@H](N3C=CC(=O)CC3=O)C(=O)[C@@H]2O[Si](C(C)C)(C(C)C)O1. The van der Waals surface area contributed by atoms with Crippen LogP contribution in [0.15, 0.2) is 12.3 Å². The van der Waals surface area contributed by atoms with Crippen molar-refractivity contribution >= 4 is 34.6 Å². The first-order chi connectivity index (χ1) is 15.2. The van der Waals surface area contributed by atoms with E-state index in [0.717, 1.165) is 4.90 Å². The summed E-state index contributed by atoms with van der Waals surface area (Å²) in [5.41, 5.74) is -0.213. The van der Waals surface area contributed by atoms with E-state index in [1.54, 1.807) is 0 Å². The molecule has 0 bridgehead atoms. The van der Waals surface area contributed by atoms with Gasteiger partial charge in [0.1, 0.15) is 0 Å². The lowest BCUT2D eigenvalue weighted by Crippen LogP contribution is -2.67. The second-order valence-electron chi connectivity index (χ2n) is 10.4. The molecule has 0 aliphatic carbocycles. The quantitative estimate of drug-likeness (QED) is 0.417. The Morgan fingerprint density at radius 1 is 0.970 bits per heavy atom. The van der Waals surface area contributed by atoms with Crippen molar-refractivity contribution in [3.05, 3.63) is 12.3 Å². The zero-order chi connectivity index (χ0) is 24.9. The third-order valence-corrected chi connectivity index (χ3v) is 17.0. The molecule has 186 valence electrons. The van der Waals surface area contributed by atoms with Crippen molar-refractivity contribution in [3.63, 3.8) is 0 Å². The van der Waals surface area contributed by atoms with E-state index < -0.39 is 60.0 Å². The van der Waals surface area contributed by atoms with Crippen LogP contribution in [0.2, 0.25) is 22.2 Å². The Kier molecular flexibility index (Phi) is 7.25. The first-order valence-corrected chi connectivity index (χ1v) is 15.6. The summed E-state index contributed by atoms with van der Waals surface area (Å²) in [6.45, 7) is 15.4. The second kappa shape index (κ2) is 9.08. The minimum absolute atomic E-state index is 0.00357. The van der Waals surface area contributed by atoms with Crippen LogP contribution in [0.1, 0.15) is 61.8 Å². The molecule has 0 radical (unpaired) electrons. The summed E-state index contributed by atoms with van der Waals surface area (Å²) >= 11 is 0. The van der Waals surface area contributed by atoms with E-state index in [1.165, 1.54) is 12.3 Å². The number of Topliss-reactive ketones (excluding diaryl/α,β-unsaturated/α-hetero) is 1. The van der Waals surface area contributed by atoms with Crippen LogP contribution >= 0.6 is 0 Å². The molecule has 3 heterocycles. The Morgan fingerprint density at radius 2 is 1.52 bits per heavy atom. The molecule has 0 saturated carbocycles. The third-order valence-electron chi connectivity index (χ3n) is 6.82. The van der Waals surface area contributed by atoms with Crippen molar-refractivity contribution in [1.29, 1.82) is 0 Å². The molecule has 11 heteroatoms. The summed E-state index contributed by atoms with van der Waals surface area (Å²) in [6, 6.07) is 0. The molecular weight excluding hydrogens is 465 g/mol. The number of carbonyl (C=O) groups is 3. The minimum atomic E-state index is -3.24. The van der Waals surface area contributed by atoms with Crippen molar-refractivity contribution in [3.8, 4) is 0 Å². The minimum Gasteiger partial charge on any atom is -0.414 e. The molecule has 0 N–H and O–H groups in total. The average Bonchev–Trinajstić information content (AvgIpc) is 2.92. The van der Waals surface area contributed by atoms with E-state index >= 15 is 4.39 Å². The van der Waals surface area contributed by atoms with Crippen LogP contribution in [0.3, 0.4) is 0 Å². The molecule has 0 aromatic heterocycles. The molecule has 0 unspecified atom stereocenters. The Balaban J connectivity index is 2.10. The molecule has 2 saturated heterocycles. The van der Waals surface area contributed by atoms with Crippen LogP contribution in [-0.4, -0.2) is 64.3 Å². The van der Waals surface area contributed by atoms with Gasteiger partial charge in [0.05, 0.1) is 13.0 Å². The molecule has 0 spiro atoms. The summed E-state index contributed by atoms with van der Waals surface area (Å²) in [6.07, 6.45) is -1.17. The van der Waals surface area contributed by atoms with Crippen molar-refractivity contribution in [2.45, 2.75) is 102 Å². The van der Waals surface area contributed by atoms with Gasteiger partial charge in [0.15, 0.2) is 11.9 Å². The topological polar surface area (TPSA) is 91.4 Å². The monoisotopic (exact) mass is 501 g/mol. The first-order valence-electron chi connectivity index (χ1n) is 11.6. The number of ether oxygens (including phenoxy) is 1. The smallest absolute Gasteiger partial charge is 0.335 e. The number of hydrogen-bond donors (Lipinski definition) is 0. The van der Waals surface area contributed by atoms with Crippen LogP contribution in [0, 0.1) is 0 Å². The predicted molar refractivity (Wildman–Crippen MR) is 123 cm³/mol. The van der Waals surface area contributed by atoms with Crippen molar-refractivity contribution < 1.29 is 36.5 Å². The van der Waals surface area contributed by atoms with Gasteiger partial charge in [0.25, 0.3) is 5.85 Å². The van der Waals surface area contributed by atoms with E-state index in [0.29, 0.717) is 0 Å². The number of hydrogen-bond acceptors (Lipinski definition) is 7. The second-order valence-corrected chi connectivity index (χ2v) is 19.2. The van der Waals surface area contributed by atoms with Gasteiger partial charge >= 0.3 is 17.1 Å². The normalized spacial score (nSPS) is 32.2. The fraction of sp³-hybridized carbons (Fsp3) is 0.773. The lowest BCUT2D eigenvalue weighted by Gasteiger charge is -2.51. The maximum absolute atomic E-state index is 16.5. The number of carbonyl (C=O) groups excluding carboxylic acids is 3. The van der Waals surface area contributed by atoms with E-state index in [-0.39, 0.29) is 27.9 Å². The largest absolute Gasteiger partial charge is 0.414 e. The van der Waals surface area contributed by atoms with Gasteiger partial charge in [-0.2, -0.15) is 0 Å². The van der Waals surface area contributed by atoms with Gasteiger partial charge in [-0.25, -0.2) is 4.39 Å². The zero-order valence-electron chi connectivity index (χ0n) is 20.7. The Bertz CT molecular complexity index is 831. The molecule has 3 rings (SSSR count). The standard InChI is InChI=1S/C22H36FNO7Si2/c1-13(2)32(14(3)4)28-12-22(23)20(30-33(31-32,15(5)6)16(7)8)19(27)21(29-22)24-10-9-17(25)11-18(24)26/h9-10,13-16,20-21H,11-12H2,1-8H3/t20-,21+,22+/m0/s1. The van der Waals surface area contributed by atoms with Gasteiger partial charge in [-0.3, -0.25) is 19.3 Å². The molecule has 3 aliphatic heterocycles. The number of ketones is 2. The summed E-state index contributed by atoms with van der Waals surface area (Å²) in [5, 5.41) is 0. The van der Waals surface area contributed by atoms with Gasteiger partial charge in [-0.1, -0.05) is 55.4 Å². The molecule has 1 amide bonds. The van der Waals surface area contributed by atoms with Crippen molar-refractivity contribution in [1.82, 2.24) is 4.90 Å². The summed E-state index contributed by atoms with van der Waals surface area (Å²) in [5.74, 6) is -4.30. The maximum Gasteiger partial charge on any atom is 0.335 e. The molecule has 8 nitrogen and oxygen atoms in total. The lowest BCUT2D eigenvalue weighted by atomic mass is 10.1. The Hall–Kier alpha value is -1.25. The first kappa shape index (κ1) is 26.4. The fourth-order valence-electron chi connectivity index (χ4n) is 4.96. The number of halogens is 1. The summed E-state index contributed by atoms with van der Waals surface area (Å²) < 4.78 is 41.8. The van der Waals surface area contributed by atoms with Gasteiger partial charge in [0, 0.05) is 6.20 Å². The van der Waals surface area contributed by atoms with E-state index in [9.17, 15) is 14.4 Å². The van der Waals surface area contributed by atoms with Crippen molar-refractivity contribution in [2.75, 3.05) is 6.61 Å². The Labute approximate surface area is 197 Å². The molecule has 3 aliphatic rings. The number of alkyl halides is 1. The molecule has 3 atom stereocenters. The number of fused-ring (bicyclic) bond motifs is 1. The fourth-order valence-corrected chi connectivity index (χ4v) is 16.1. The third kappa shape index (κ3) is 4.32. The highest BCUT2D eigenvalue weighted by molar-refractivity contribution is 6.84. The number of nitrogens with zero attached hydrogens (tertiary/aromatic N) is 1. The highest BCUT2D eigenvalue weighted by atomic mass is 28.5. The van der Waals surface area contributed by atoms with Gasteiger partial charge in [0.2, 0.25) is 17.9 Å². The van der Waals surface area contributed by atoms with Gasteiger partial charge in [-0.15, -0.1) is 0 Å². The van der Waals surface area contributed by atoms with E-state index in [4.69, 9.17) is 17.7 Å². The van der Waals surface area contributed by atoms with Crippen LogP contribution in [0.25, 0.3) is 0 Å². The molecule has 0 aromatic rings. The zero-order valence-corrected chi connectivity index (χ0v) is 22.7. The van der Waals surface area contributed by atoms with Crippen molar-refractivity contribution in [2.24, 2.45) is 0 Å². The Morgan fingerprint density at radius 3 is 2.00 bits per heavy atom. The van der Waals surface area contributed by atoms with Gasteiger partial charge in [-0.05, 0) is 28.2 Å². The number of amides is 1. The van der Waals surface area contributed by atoms with Crippen LogP contribution in [0.4, 0.5) is 4.39 Å². The molecule has 2 fully saturated rings. The summed E-state index contributed by atoms with van der Waals surface area (Å²) in [4.78, 5) is 38.4. The van der Waals surface area contributed by atoms with Crippen LogP contribution in [-0.2, 0) is 32.1 Å². The van der Waals surface area contributed by atoms with Crippen LogP contribution in [0.5, 0.6) is 0 Å². The highest BCUT2D eigenvalue weighted by Crippen LogP contribution is 2.49. The number of allylic oxidation sites excluding steroid dienone is 1. The van der Waals surface area contributed by atoms with Gasteiger partial charge < -0.3 is 17.7 Å². The highest BCUT2D eigenvalue weighted by Gasteiger charge is 2.67. The molecule has 0 aromatic carbocycles. The van der Waals surface area contributed by atoms with Crippen LogP contribution < -0.4 is 0 Å². The maximum atomic E-state index is 16.5. The lowest BCUT2D eigenvalue weighted by molar-refractivity contribution is -0.215. The molecule has 33 heavy (non-hydrogen) atoms. The summed E-state index contributed by atoms with van der Waals surface area (Å²) in [7, 11) is -6.27. The van der Waals surface area contributed by atoms with E-state index in [1.807, 2.05) is 55.4 Å². The average molecular weight is 502 g/mol.